The fourth-order valence-corrected chi connectivity index (χ4v) is 1.96. The number of nitrogens with two attached hydrogens (primary N) is 1. The van der Waals surface area contributed by atoms with Crippen molar-refractivity contribution < 1.29 is 4.74 Å². The molecule has 0 radical (unpaired) electrons. The zero-order valence-electron chi connectivity index (χ0n) is 9.86. The molecule has 0 spiro atoms. The van der Waals surface area contributed by atoms with E-state index in [1.54, 1.807) is 13.2 Å². The van der Waals surface area contributed by atoms with Crippen LogP contribution in [0.5, 0.6) is 0 Å². The molecule has 1 fully saturated rings. The zero-order valence-corrected chi connectivity index (χ0v) is 9.86. The minimum atomic E-state index is -0.0674. The quantitative estimate of drug-likeness (QED) is 0.822. The van der Waals surface area contributed by atoms with E-state index in [0.717, 1.165) is 12.8 Å². The molecule has 17 heavy (non-hydrogen) atoms. The van der Waals surface area contributed by atoms with Crippen LogP contribution in [0.2, 0.25) is 0 Å². The van der Waals surface area contributed by atoms with E-state index in [2.05, 4.69) is 10.3 Å². The van der Waals surface area contributed by atoms with Crippen LogP contribution in [0.3, 0.4) is 0 Å². The van der Waals surface area contributed by atoms with Gasteiger partial charge in [0.15, 0.2) is 0 Å². The summed E-state index contributed by atoms with van der Waals surface area (Å²) in [6, 6.07) is 3.63. The predicted octanol–water partition coefficient (Wildman–Crippen LogP) is 1.52. The van der Waals surface area contributed by atoms with Gasteiger partial charge >= 0.3 is 0 Å². The van der Waals surface area contributed by atoms with Crippen LogP contribution < -0.4 is 11.1 Å². The van der Waals surface area contributed by atoms with Gasteiger partial charge in [0.25, 0.3) is 0 Å². The number of nitrogens with one attached hydrogen (secondary N) is 1. The summed E-state index contributed by atoms with van der Waals surface area (Å²) >= 11 is 0. The number of ether oxygens (including phenoxy) is 1. The number of hydrogen-bond acceptors (Lipinski definition) is 5. The molecule has 0 atom stereocenters. The first-order valence-corrected chi connectivity index (χ1v) is 5.64. The third kappa shape index (κ3) is 2.32. The molecule has 2 rings (SSSR count). The van der Waals surface area contributed by atoms with Crippen LogP contribution in [0.1, 0.15) is 24.8 Å². The highest BCUT2D eigenvalue weighted by atomic mass is 16.5. The van der Waals surface area contributed by atoms with Crippen molar-refractivity contribution in [2.75, 3.05) is 24.7 Å². The number of aromatic nitrogens is 1. The van der Waals surface area contributed by atoms with Gasteiger partial charge < -0.3 is 15.8 Å². The Morgan fingerprint density at radius 1 is 1.65 bits per heavy atom. The Bertz CT molecular complexity index is 443. The van der Waals surface area contributed by atoms with Gasteiger partial charge in [-0.25, -0.2) is 4.98 Å². The monoisotopic (exact) mass is 232 g/mol. The first-order chi connectivity index (χ1) is 8.19. The molecule has 90 valence electrons. The second-order valence-corrected chi connectivity index (χ2v) is 4.37. The number of nitrogens with zero attached hydrogens (tertiary/aromatic N) is 2. The number of anilines is 2. The second kappa shape index (κ2) is 4.60. The molecule has 0 aliphatic heterocycles. The van der Waals surface area contributed by atoms with Crippen molar-refractivity contribution in [3.63, 3.8) is 0 Å². The summed E-state index contributed by atoms with van der Waals surface area (Å²) in [7, 11) is 1.73. The van der Waals surface area contributed by atoms with Gasteiger partial charge in [-0.15, -0.1) is 0 Å². The maximum absolute atomic E-state index is 8.71. The van der Waals surface area contributed by atoms with Crippen molar-refractivity contribution in [2.24, 2.45) is 0 Å². The lowest BCUT2D eigenvalue weighted by Gasteiger charge is -2.40. The molecule has 1 saturated carbocycles. The van der Waals surface area contributed by atoms with Gasteiger partial charge in [-0.2, -0.15) is 5.26 Å². The van der Waals surface area contributed by atoms with Crippen LogP contribution in [-0.2, 0) is 4.74 Å². The van der Waals surface area contributed by atoms with Gasteiger partial charge in [0, 0.05) is 19.9 Å². The van der Waals surface area contributed by atoms with Gasteiger partial charge in [-0.05, 0) is 25.3 Å². The van der Waals surface area contributed by atoms with Crippen molar-refractivity contribution >= 4 is 11.5 Å². The van der Waals surface area contributed by atoms with Crippen molar-refractivity contribution in [3.05, 3.63) is 17.8 Å². The summed E-state index contributed by atoms with van der Waals surface area (Å²) in [5.41, 5.74) is 6.71. The van der Waals surface area contributed by atoms with Crippen LogP contribution >= 0.6 is 0 Å². The van der Waals surface area contributed by atoms with Crippen molar-refractivity contribution in [1.82, 2.24) is 4.98 Å². The summed E-state index contributed by atoms with van der Waals surface area (Å²) in [6.45, 7) is 0.701. The maximum atomic E-state index is 8.71. The van der Waals surface area contributed by atoms with Crippen molar-refractivity contribution in [3.8, 4) is 6.07 Å². The SMILES string of the molecule is COC1(CNc2ncc(C#N)cc2N)CCC1. The van der Waals surface area contributed by atoms with E-state index in [9.17, 15) is 0 Å². The predicted molar refractivity (Wildman–Crippen MR) is 65.4 cm³/mol. The van der Waals surface area contributed by atoms with Crippen LogP contribution in [-0.4, -0.2) is 24.2 Å². The maximum Gasteiger partial charge on any atom is 0.149 e. The Morgan fingerprint density at radius 3 is 2.88 bits per heavy atom. The zero-order chi connectivity index (χ0) is 12.3. The highest BCUT2D eigenvalue weighted by Crippen LogP contribution is 2.35. The fourth-order valence-electron chi connectivity index (χ4n) is 1.96. The Labute approximate surface area is 101 Å². The Balaban J connectivity index is 2.02. The number of rotatable bonds is 4. The molecule has 0 saturated heterocycles. The van der Waals surface area contributed by atoms with E-state index in [0.29, 0.717) is 23.6 Å². The third-order valence-electron chi connectivity index (χ3n) is 3.32. The molecule has 1 aliphatic rings. The number of nitriles is 1. The summed E-state index contributed by atoms with van der Waals surface area (Å²) in [6.07, 6.45) is 4.84. The topological polar surface area (TPSA) is 84.0 Å². The molecule has 5 nitrogen and oxygen atoms in total. The molecule has 3 N–H and O–H groups in total. The average Bonchev–Trinajstić information content (AvgIpc) is 2.30. The lowest BCUT2D eigenvalue weighted by molar-refractivity contribution is -0.0601. The molecule has 1 heterocycles. The molecule has 0 unspecified atom stereocenters. The van der Waals surface area contributed by atoms with Crippen LogP contribution in [0.4, 0.5) is 11.5 Å². The molecule has 1 aromatic heterocycles. The first-order valence-electron chi connectivity index (χ1n) is 5.64. The van der Waals surface area contributed by atoms with Crippen LogP contribution in [0.25, 0.3) is 0 Å². The molecule has 1 aromatic rings. The van der Waals surface area contributed by atoms with Gasteiger partial charge in [-0.1, -0.05) is 0 Å². The Kier molecular flexibility index (Phi) is 3.16. The van der Waals surface area contributed by atoms with Gasteiger partial charge in [0.2, 0.25) is 0 Å². The lowest BCUT2D eigenvalue weighted by atomic mass is 9.80. The fraction of sp³-hybridized carbons (Fsp3) is 0.500. The summed E-state index contributed by atoms with van der Waals surface area (Å²) in [5, 5.41) is 11.9. The molecule has 0 bridgehead atoms. The highest BCUT2D eigenvalue weighted by Gasteiger charge is 2.36. The highest BCUT2D eigenvalue weighted by molar-refractivity contribution is 5.63. The Hall–Kier alpha value is -1.80. The molecule has 0 aromatic carbocycles. The van der Waals surface area contributed by atoms with E-state index < -0.39 is 0 Å². The standard InChI is InChI=1S/C12H16N4O/c1-17-12(3-2-4-12)8-16-11-10(14)5-9(6-13)7-15-11/h5,7H,2-4,8,14H2,1H3,(H,15,16). The van der Waals surface area contributed by atoms with E-state index in [4.69, 9.17) is 15.7 Å². The van der Waals surface area contributed by atoms with Crippen molar-refractivity contribution in [2.45, 2.75) is 24.9 Å². The van der Waals surface area contributed by atoms with Gasteiger partial charge in [-0.3, -0.25) is 0 Å². The smallest absolute Gasteiger partial charge is 0.149 e. The Morgan fingerprint density at radius 2 is 2.41 bits per heavy atom. The molecular weight excluding hydrogens is 216 g/mol. The number of hydrogen-bond donors (Lipinski definition) is 2. The summed E-state index contributed by atoms with van der Waals surface area (Å²) < 4.78 is 5.50. The lowest BCUT2D eigenvalue weighted by Crippen LogP contribution is -2.45. The van der Waals surface area contributed by atoms with Gasteiger partial charge in [0.1, 0.15) is 11.9 Å². The van der Waals surface area contributed by atoms with E-state index in [-0.39, 0.29) is 5.60 Å². The van der Waals surface area contributed by atoms with E-state index in [1.807, 2.05) is 6.07 Å². The molecule has 0 amide bonds. The summed E-state index contributed by atoms with van der Waals surface area (Å²) in [4.78, 5) is 4.13. The molecular formula is C12H16N4O. The van der Waals surface area contributed by atoms with E-state index >= 15 is 0 Å². The molecule has 1 aliphatic carbocycles. The van der Waals surface area contributed by atoms with Crippen molar-refractivity contribution in [1.29, 1.82) is 5.26 Å². The van der Waals surface area contributed by atoms with Crippen LogP contribution in [0.15, 0.2) is 12.3 Å². The number of methoxy groups -OCH3 is 1. The van der Waals surface area contributed by atoms with E-state index in [1.165, 1.54) is 12.6 Å². The van der Waals surface area contributed by atoms with Gasteiger partial charge in [0.05, 0.1) is 16.9 Å². The first kappa shape index (κ1) is 11.7. The normalized spacial score (nSPS) is 16.9. The minimum Gasteiger partial charge on any atom is -0.396 e. The second-order valence-electron chi connectivity index (χ2n) is 4.37. The largest absolute Gasteiger partial charge is 0.396 e. The number of nitrogen functional groups attached to an aromatic ring is 1. The average molecular weight is 232 g/mol. The summed E-state index contributed by atoms with van der Waals surface area (Å²) in [5.74, 6) is 0.618. The minimum absolute atomic E-state index is 0.0674. The van der Waals surface area contributed by atoms with Crippen LogP contribution in [0, 0.1) is 11.3 Å². The number of pyridine rings is 1. The molecule has 5 heteroatoms. The third-order valence-corrected chi connectivity index (χ3v) is 3.32.